The van der Waals surface area contributed by atoms with E-state index in [0.717, 1.165) is 31.7 Å². The van der Waals surface area contributed by atoms with Crippen molar-refractivity contribution in [1.29, 1.82) is 0 Å². The smallest absolute Gasteiger partial charge is 0.251 e. The summed E-state index contributed by atoms with van der Waals surface area (Å²) in [7, 11) is 0. The standard InChI is InChI=1S/C16H20F2N2O3/c1-9-4-2-3-5-14(9)23-8-15(21)20-13-6-10(16(19)22)11(17)7-12(13)18/h6-7,9,14H,2-5,8H2,1H3,(H2,19,22)(H,20,21). The lowest BCUT2D eigenvalue weighted by atomic mass is 9.88. The van der Waals surface area contributed by atoms with E-state index in [-0.39, 0.29) is 18.4 Å². The minimum absolute atomic E-state index is 0.00810. The number of hydrogen-bond donors (Lipinski definition) is 2. The molecule has 2 unspecified atom stereocenters. The van der Waals surface area contributed by atoms with E-state index in [1.165, 1.54) is 0 Å². The molecule has 1 aliphatic carbocycles. The average Bonchev–Trinajstić information content (AvgIpc) is 2.49. The van der Waals surface area contributed by atoms with Crippen molar-refractivity contribution in [3.05, 3.63) is 29.3 Å². The first-order valence-corrected chi connectivity index (χ1v) is 7.58. The molecule has 1 aliphatic rings. The quantitative estimate of drug-likeness (QED) is 0.872. The number of nitrogens with one attached hydrogen (secondary N) is 1. The van der Waals surface area contributed by atoms with E-state index in [2.05, 4.69) is 12.2 Å². The monoisotopic (exact) mass is 326 g/mol. The number of halogens is 2. The number of rotatable bonds is 5. The molecule has 2 amide bonds. The van der Waals surface area contributed by atoms with Gasteiger partial charge in [-0.1, -0.05) is 19.8 Å². The molecule has 0 saturated heterocycles. The Hall–Kier alpha value is -2.02. The number of anilines is 1. The fraction of sp³-hybridized carbons (Fsp3) is 0.500. The van der Waals surface area contributed by atoms with Crippen LogP contribution in [-0.2, 0) is 9.53 Å². The van der Waals surface area contributed by atoms with E-state index >= 15 is 0 Å². The maximum Gasteiger partial charge on any atom is 0.251 e. The van der Waals surface area contributed by atoms with Crippen molar-refractivity contribution >= 4 is 17.5 Å². The molecule has 5 nitrogen and oxygen atoms in total. The second kappa shape index (κ2) is 7.50. The Morgan fingerprint density at radius 1 is 1.26 bits per heavy atom. The third-order valence-corrected chi connectivity index (χ3v) is 4.06. The number of primary amides is 1. The van der Waals surface area contributed by atoms with Crippen molar-refractivity contribution in [3.8, 4) is 0 Å². The lowest BCUT2D eigenvalue weighted by Gasteiger charge is -2.28. The lowest BCUT2D eigenvalue weighted by molar-refractivity contribution is -0.124. The van der Waals surface area contributed by atoms with Gasteiger partial charge in [0, 0.05) is 6.07 Å². The normalized spacial score (nSPS) is 21.0. The molecule has 7 heteroatoms. The molecule has 1 aromatic rings. The molecule has 0 radical (unpaired) electrons. The second-order valence-corrected chi connectivity index (χ2v) is 5.84. The number of carbonyl (C=O) groups excluding carboxylic acids is 2. The van der Waals surface area contributed by atoms with Gasteiger partial charge in [-0.25, -0.2) is 8.78 Å². The van der Waals surface area contributed by atoms with Crippen LogP contribution in [0.1, 0.15) is 43.0 Å². The Morgan fingerprint density at radius 2 is 1.96 bits per heavy atom. The number of hydrogen-bond acceptors (Lipinski definition) is 3. The van der Waals surface area contributed by atoms with Crippen molar-refractivity contribution < 1.29 is 23.1 Å². The molecule has 2 atom stereocenters. The zero-order chi connectivity index (χ0) is 17.0. The molecule has 1 saturated carbocycles. The second-order valence-electron chi connectivity index (χ2n) is 5.84. The average molecular weight is 326 g/mol. The zero-order valence-corrected chi connectivity index (χ0v) is 12.9. The molecule has 1 fully saturated rings. The summed E-state index contributed by atoms with van der Waals surface area (Å²) in [6.07, 6.45) is 4.18. The summed E-state index contributed by atoms with van der Waals surface area (Å²) < 4.78 is 32.6. The Kier molecular flexibility index (Phi) is 5.65. The summed E-state index contributed by atoms with van der Waals surface area (Å²) >= 11 is 0. The molecule has 3 N–H and O–H groups in total. The van der Waals surface area contributed by atoms with Crippen LogP contribution in [0, 0.1) is 17.6 Å². The highest BCUT2D eigenvalue weighted by atomic mass is 19.1. The first-order valence-electron chi connectivity index (χ1n) is 7.58. The Bertz CT molecular complexity index is 607. The highest BCUT2D eigenvalue weighted by molar-refractivity contribution is 5.96. The van der Waals surface area contributed by atoms with Gasteiger partial charge in [0.05, 0.1) is 17.4 Å². The molecule has 23 heavy (non-hydrogen) atoms. The summed E-state index contributed by atoms with van der Waals surface area (Å²) in [5, 5.41) is 2.27. The molecule has 1 aromatic carbocycles. The van der Waals surface area contributed by atoms with Gasteiger partial charge < -0.3 is 15.8 Å². The predicted molar refractivity (Wildman–Crippen MR) is 80.9 cm³/mol. The predicted octanol–water partition coefficient (Wildman–Crippen LogP) is 2.60. The molecule has 0 heterocycles. The summed E-state index contributed by atoms with van der Waals surface area (Å²) in [6.45, 7) is 1.85. The van der Waals surface area contributed by atoms with Gasteiger partial charge >= 0.3 is 0 Å². The van der Waals surface area contributed by atoms with Gasteiger partial charge in [-0.3, -0.25) is 9.59 Å². The first-order chi connectivity index (χ1) is 10.9. The minimum Gasteiger partial charge on any atom is -0.368 e. The fourth-order valence-electron chi connectivity index (χ4n) is 2.73. The van der Waals surface area contributed by atoms with Crippen LogP contribution in [-0.4, -0.2) is 24.5 Å². The highest BCUT2D eigenvalue weighted by Gasteiger charge is 2.23. The van der Waals surface area contributed by atoms with Crippen molar-refractivity contribution in [3.63, 3.8) is 0 Å². The number of nitrogens with two attached hydrogens (primary N) is 1. The molecule has 126 valence electrons. The van der Waals surface area contributed by atoms with Crippen LogP contribution in [0.25, 0.3) is 0 Å². The maximum atomic E-state index is 13.7. The minimum atomic E-state index is -1.07. The SMILES string of the molecule is CC1CCCCC1OCC(=O)Nc1cc(C(N)=O)c(F)cc1F. The third kappa shape index (κ3) is 4.48. The summed E-state index contributed by atoms with van der Waals surface area (Å²) in [5.41, 5.74) is 4.21. The van der Waals surface area contributed by atoms with Gasteiger partial charge in [-0.2, -0.15) is 0 Å². The molecular formula is C16H20F2N2O3. The van der Waals surface area contributed by atoms with E-state index in [1.54, 1.807) is 0 Å². The van der Waals surface area contributed by atoms with Crippen molar-refractivity contribution in [2.24, 2.45) is 11.7 Å². The van der Waals surface area contributed by atoms with Gasteiger partial charge in [0.15, 0.2) is 0 Å². The van der Waals surface area contributed by atoms with Crippen molar-refractivity contribution in [2.75, 3.05) is 11.9 Å². The van der Waals surface area contributed by atoms with E-state index in [4.69, 9.17) is 10.5 Å². The Labute approximate surface area is 133 Å². The van der Waals surface area contributed by atoms with Gasteiger partial charge in [0.25, 0.3) is 5.91 Å². The molecule has 0 aliphatic heterocycles. The first kappa shape index (κ1) is 17.3. The van der Waals surface area contributed by atoms with E-state index in [0.29, 0.717) is 12.0 Å². The van der Waals surface area contributed by atoms with Crippen LogP contribution >= 0.6 is 0 Å². The molecule has 0 bridgehead atoms. The van der Waals surface area contributed by atoms with Crippen LogP contribution in [0.15, 0.2) is 12.1 Å². The van der Waals surface area contributed by atoms with Gasteiger partial charge in [-0.05, 0) is 24.8 Å². The van der Waals surface area contributed by atoms with Gasteiger partial charge in [-0.15, -0.1) is 0 Å². The molecular weight excluding hydrogens is 306 g/mol. The number of carbonyl (C=O) groups is 2. The van der Waals surface area contributed by atoms with Crippen LogP contribution in [0.2, 0.25) is 0 Å². The molecule has 2 rings (SSSR count). The summed E-state index contributed by atoms with van der Waals surface area (Å²) in [5.74, 6) is -3.28. The number of benzene rings is 1. The zero-order valence-electron chi connectivity index (χ0n) is 12.9. The highest BCUT2D eigenvalue weighted by Crippen LogP contribution is 2.26. The van der Waals surface area contributed by atoms with E-state index in [9.17, 15) is 18.4 Å². The van der Waals surface area contributed by atoms with Gasteiger partial charge in [0.2, 0.25) is 5.91 Å². The molecule has 0 spiro atoms. The Morgan fingerprint density at radius 3 is 2.61 bits per heavy atom. The van der Waals surface area contributed by atoms with Crippen LogP contribution in [0.4, 0.5) is 14.5 Å². The largest absolute Gasteiger partial charge is 0.368 e. The molecule has 0 aromatic heterocycles. The van der Waals surface area contributed by atoms with E-state index in [1.807, 2.05) is 0 Å². The van der Waals surface area contributed by atoms with Crippen molar-refractivity contribution in [2.45, 2.75) is 38.7 Å². The fourth-order valence-corrected chi connectivity index (χ4v) is 2.73. The Balaban J connectivity index is 1.97. The lowest BCUT2D eigenvalue weighted by Crippen LogP contribution is -2.30. The topological polar surface area (TPSA) is 81.4 Å². The number of ether oxygens (including phenoxy) is 1. The van der Waals surface area contributed by atoms with Crippen molar-refractivity contribution in [1.82, 2.24) is 0 Å². The third-order valence-electron chi connectivity index (χ3n) is 4.06. The van der Waals surface area contributed by atoms with Gasteiger partial charge in [0.1, 0.15) is 18.2 Å². The number of amides is 2. The van der Waals surface area contributed by atoms with Crippen LogP contribution in [0.5, 0.6) is 0 Å². The summed E-state index contributed by atoms with van der Waals surface area (Å²) in [4.78, 5) is 22.9. The van der Waals surface area contributed by atoms with E-state index < -0.39 is 29.0 Å². The van der Waals surface area contributed by atoms with Crippen LogP contribution < -0.4 is 11.1 Å². The maximum absolute atomic E-state index is 13.7. The van der Waals surface area contributed by atoms with Crippen LogP contribution in [0.3, 0.4) is 0 Å². The summed E-state index contributed by atoms with van der Waals surface area (Å²) in [6, 6.07) is 1.40.